The maximum Gasteiger partial charge on any atom is 0.313 e. The Balaban J connectivity index is 1.85. The number of aromatic nitrogens is 1. The number of hydrogen-bond acceptors (Lipinski definition) is 4. The Kier molecular flexibility index (Phi) is 6.31. The van der Waals surface area contributed by atoms with Gasteiger partial charge < -0.3 is 16.0 Å². The van der Waals surface area contributed by atoms with Gasteiger partial charge in [-0.1, -0.05) is 18.5 Å². The van der Waals surface area contributed by atoms with Crippen LogP contribution in [0.2, 0.25) is 5.02 Å². The summed E-state index contributed by atoms with van der Waals surface area (Å²) in [5.74, 6) is -4.71. The molecular formula is C20H19ClF2N4O3. The van der Waals surface area contributed by atoms with Gasteiger partial charge in [0.25, 0.3) is 0 Å². The van der Waals surface area contributed by atoms with Gasteiger partial charge >= 0.3 is 11.8 Å². The number of anilines is 1. The van der Waals surface area contributed by atoms with Crippen LogP contribution < -0.4 is 11.1 Å². The third-order valence-electron chi connectivity index (χ3n) is 4.94. The van der Waals surface area contributed by atoms with Crippen molar-refractivity contribution in [2.75, 3.05) is 11.9 Å². The lowest BCUT2D eigenvalue weighted by atomic mass is 9.89. The number of halogens is 3. The molecule has 158 valence electrons. The number of hydrogen-bond donors (Lipinski definition) is 2. The first-order chi connectivity index (χ1) is 14.2. The van der Waals surface area contributed by atoms with Crippen LogP contribution in [-0.4, -0.2) is 34.2 Å². The number of pyridine rings is 1. The van der Waals surface area contributed by atoms with Gasteiger partial charge in [0.2, 0.25) is 5.91 Å². The van der Waals surface area contributed by atoms with Crippen LogP contribution in [0.25, 0.3) is 0 Å². The van der Waals surface area contributed by atoms with Crippen LogP contribution in [-0.2, 0) is 9.59 Å². The van der Waals surface area contributed by atoms with Gasteiger partial charge in [-0.05, 0) is 42.5 Å². The van der Waals surface area contributed by atoms with Crippen molar-refractivity contribution in [1.82, 2.24) is 9.88 Å². The summed E-state index contributed by atoms with van der Waals surface area (Å²) in [6, 6.07) is 2.91. The van der Waals surface area contributed by atoms with E-state index in [1.807, 2.05) is 6.92 Å². The molecule has 30 heavy (non-hydrogen) atoms. The molecule has 3 amide bonds. The van der Waals surface area contributed by atoms with E-state index in [1.54, 1.807) is 0 Å². The maximum absolute atomic E-state index is 13.9. The van der Waals surface area contributed by atoms with Crippen molar-refractivity contribution in [2.24, 2.45) is 11.7 Å². The minimum absolute atomic E-state index is 0.0705. The summed E-state index contributed by atoms with van der Waals surface area (Å²) in [6.45, 7) is 2.18. The number of piperidine rings is 1. The highest BCUT2D eigenvalue weighted by molar-refractivity contribution is 6.39. The molecule has 1 aliphatic heterocycles. The SMILES string of the molecule is CC1CCC(c2cc(F)c(F)c(Cl)c2)N(C(=O)C(=O)Nc2cncc(C(N)=O)c2)C1. The Labute approximate surface area is 176 Å². The molecule has 1 fully saturated rings. The largest absolute Gasteiger partial charge is 0.366 e. The van der Waals surface area contributed by atoms with Crippen molar-refractivity contribution in [3.05, 3.63) is 58.4 Å². The first-order valence-electron chi connectivity index (χ1n) is 9.18. The molecule has 3 rings (SSSR count). The molecule has 2 atom stereocenters. The molecule has 1 saturated heterocycles. The molecule has 2 heterocycles. The predicted octanol–water partition coefficient (Wildman–Crippen LogP) is 3.05. The van der Waals surface area contributed by atoms with Gasteiger partial charge in [0.1, 0.15) is 0 Å². The first-order valence-corrected chi connectivity index (χ1v) is 9.56. The molecule has 0 spiro atoms. The molecule has 0 bridgehead atoms. The van der Waals surface area contributed by atoms with E-state index in [1.165, 1.54) is 29.4 Å². The summed E-state index contributed by atoms with van der Waals surface area (Å²) in [5.41, 5.74) is 5.70. The summed E-state index contributed by atoms with van der Waals surface area (Å²) < 4.78 is 27.4. The number of nitrogens with two attached hydrogens (primary N) is 1. The van der Waals surface area contributed by atoms with E-state index in [4.69, 9.17) is 17.3 Å². The molecule has 7 nitrogen and oxygen atoms in total. The number of rotatable bonds is 3. The van der Waals surface area contributed by atoms with Crippen molar-refractivity contribution in [3.63, 3.8) is 0 Å². The van der Waals surface area contributed by atoms with Crippen molar-refractivity contribution < 1.29 is 23.2 Å². The Bertz CT molecular complexity index is 994. The van der Waals surface area contributed by atoms with Crippen LogP contribution in [0.1, 0.15) is 41.7 Å². The summed E-state index contributed by atoms with van der Waals surface area (Å²) in [4.78, 5) is 41.8. The molecule has 0 radical (unpaired) electrons. The average Bonchev–Trinajstić information content (AvgIpc) is 2.71. The van der Waals surface area contributed by atoms with E-state index in [0.29, 0.717) is 12.0 Å². The van der Waals surface area contributed by atoms with Crippen LogP contribution in [0, 0.1) is 17.6 Å². The molecule has 1 aromatic carbocycles. The molecule has 1 aromatic heterocycles. The second-order valence-corrected chi connectivity index (χ2v) is 7.64. The molecule has 2 unspecified atom stereocenters. The van der Waals surface area contributed by atoms with Crippen LogP contribution in [0.4, 0.5) is 14.5 Å². The second kappa shape index (κ2) is 8.74. The molecule has 0 aliphatic carbocycles. The van der Waals surface area contributed by atoms with Crippen LogP contribution >= 0.6 is 11.6 Å². The van der Waals surface area contributed by atoms with E-state index < -0.39 is 40.4 Å². The van der Waals surface area contributed by atoms with Gasteiger partial charge in [-0.3, -0.25) is 19.4 Å². The average molecular weight is 437 g/mol. The molecular weight excluding hydrogens is 418 g/mol. The predicted molar refractivity (Wildman–Crippen MR) is 106 cm³/mol. The third kappa shape index (κ3) is 4.56. The molecule has 3 N–H and O–H groups in total. The topological polar surface area (TPSA) is 105 Å². The number of carbonyl (C=O) groups is 3. The maximum atomic E-state index is 13.9. The summed E-state index contributed by atoms with van der Waals surface area (Å²) in [5, 5.41) is 2.00. The number of nitrogens with zero attached hydrogens (tertiary/aromatic N) is 2. The Morgan fingerprint density at radius 3 is 2.60 bits per heavy atom. The van der Waals surface area contributed by atoms with Gasteiger partial charge in [-0.25, -0.2) is 8.78 Å². The Morgan fingerprint density at radius 1 is 1.20 bits per heavy atom. The normalized spacial score (nSPS) is 18.7. The fourth-order valence-electron chi connectivity index (χ4n) is 3.45. The zero-order valence-electron chi connectivity index (χ0n) is 16.0. The lowest BCUT2D eigenvalue weighted by Gasteiger charge is -2.38. The van der Waals surface area contributed by atoms with Gasteiger partial charge in [0.15, 0.2) is 11.6 Å². The zero-order chi connectivity index (χ0) is 22.0. The quantitative estimate of drug-likeness (QED) is 0.569. The van der Waals surface area contributed by atoms with Gasteiger partial charge in [0.05, 0.1) is 28.5 Å². The molecule has 2 aromatic rings. The van der Waals surface area contributed by atoms with Crippen molar-refractivity contribution >= 4 is 35.0 Å². The number of benzene rings is 1. The minimum atomic E-state index is -1.16. The molecule has 1 aliphatic rings. The van der Waals surface area contributed by atoms with Crippen molar-refractivity contribution in [2.45, 2.75) is 25.8 Å². The van der Waals surface area contributed by atoms with Crippen LogP contribution in [0.15, 0.2) is 30.6 Å². The fraction of sp³-hybridized carbons (Fsp3) is 0.300. The van der Waals surface area contributed by atoms with E-state index in [9.17, 15) is 23.2 Å². The standard InChI is InChI=1S/C20H19ClF2N4O3/c1-10-2-3-16(11-5-14(21)17(23)15(22)6-11)27(9-10)20(30)19(29)26-13-4-12(18(24)28)7-25-8-13/h4-8,10,16H,2-3,9H2,1H3,(H2,24,28)(H,26,29). The lowest BCUT2D eigenvalue weighted by Crippen LogP contribution is -2.46. The van der Waals surface area contributed by atoms with E-state index in [0.717, 1.165) is 12.5 Å². The Morgan fingerprint density at radius 2 is 1.93 bits per heavy atom. The van der Waals surface area contributed by atoms with Crippen molar-refractivity contribution in [3.8, 4) is 0 Å². The van der Waals surface area contributed by atoms with Gasteiger partial charge in [-0.2, -0.15) is 0 Å². The van der Waals surface area contributed by atoms with Crippen LogP contribution in [0.3, 0.4) is 0 Å². The number of nitrogens with one attached hydrogen (secondary N) is 1. The number of amides is 3. The summed E-state index contributed by atoms with van der Waals surface area (Å²) in [6.07, 6.45) is 3.69. The lowest BCUT2D eigenvalue weighted by molar-refractivity contribution is -0.146. The monoisotopic (exact) mass is 436 g/mol. The summed E-state index contributed by atoms with van der Waals surface area (Å²) >= 11 is 5.76. The highest BCUT2D eigenvalue weighted by Crippen LogP contribution is 2.35. The number of primary amides is 1. The Hall–Kier alpha value is -3.07. The van der Waals surface area contributed by atoms with E-state index in [2.05, 4.69) is 10.3 Å². The number of carbonyl (C=O) groups excluding carboxylic acids is 3. The van der Waals surface area contributed by atoms with Gasteiger partial charge in [0, 0.05) is 12.7 Å². The first kappa shape index (κ1) is 21.6. The highest BCUT2D eigenvalue weighted by Gasteiger charge is 2.35. The fourth-order valence-corrected chi connectivity index (χ4v) is 3.67. The van der Waals surface area contributed by atoms with Crippen molar-refractivity contribution in [1.29, 1.82) is 0 Å². The van der Waals surface area contributed by atoms with E-state index in [-0.39, 0.29) is 23.7 Å². The third-order valence-corrected chi connectivity index (χ3v) is 5.22. The van der Waals surface area contributed by atoms with Crippen LogP contribution in [0.5, 0.6) is 0 Å². The smallest absolute Gasteiger partial charge is 0.313 e. The van der Waals surface area contributed by atoms with Gasteiger partial charge in [-0.15, -0.1) is 0 Å². The molecule has 0 saturated carbocycles. The zero-order valence-corrected chi connectivity index (χ0v) is 16.7. The molecule has 10 heteroatoms. The second-order valence-electron chi connectivity index (χ2n) is 7.24. The number of likely N-dealkylation sites (tertiary alicyclic amines) is 1. The summed E-state index contributed by atoms with van der Waals surface area (Å²) in [7, 11) is 0. The highest BCUT2D eigenvalue weighted by atomic mass is 35.5. The van der Waals surface area contributed by atoms with E-state index >= 15 is 0 Å². The minimum Gasteiger partial charge on any atom is -0.366 e.